The molecule has 13 heavy (non-hydrogen) atoms. The molecule has 0 aromatic carbocycles. The first-order chi connectivity index (χ1) is 6.22. The van der Waals surface area contributed by atoms with Gasteiger partial charge in [-0.15, -0.1) is 0 Å². The van der Waals surface area contributed by atoms with Gasteiger partial charge in [-0.3, -0.25) is 0 Å². The Labute approximate surface area is 81.3 Å². The highest BCUT2D eigenvalue weighted by Crippen LogP contribution is 2.38. The van der Waals surface area contributed by atoms with Gasteiger partial charge in [-0.1, -0.05) is 0 Å². The van der Waals surface area contributed by atoms with Gasteiger partial charge in [0.25, 0.3) is 0 Å². The van der Waals surface area contributed by atoms with Crippen molar-refractivity contribution in [2.24, 2.45) is 5.41 Å². The SMILES string of the molecule is CC(C)N1CCC2(CCCOC2)C1. The molecule has 0 bridgehead atoms. The average molecular weight is 183 g/mol. The molecule has 0 N–H and O–H groups in total. The molecule has 0 aromatic heterocycles. The summed E-state index contributed by atoms with van der Waals surface area (Å²) in [5.41, 5.74) is 0.530. The molecule has 2 heteroatoms. The smallest absolute Gasteiger partial charge is 0.0535 e. The quantitative estimate of drug-likeness (QED) is 0.615. The number of nitrogens with zero attached hydrogens (tertiary/aromatic N) is 1. The lowest BCUT2D eigenvalue weighted by atomic mass is 9.82. The zero-order valence-corrected chi connectivity index (χ0v) is 8.88. The summed E-state index contributed by atoms with van der Waals surface area (Å²) in [7, 11) is 0. The van der Waals surface area contributed by atoms with Crippen LogP contribution in [-0.2, 0) is 4.74 Å². The lowest BCUT2D eigenvalue weighted by molar-refractivity contribution is -0.00352. The normalized spacial score (nSPS) is 36.2. The summed E-state index contributed by atoms with van der Waals surface area (Å²) >= 11 is 0. The molecule has 2 nitrogen and oxygen atoms in total. The van der Waals surface area contributed by atoms with Gasteiger partial charge in [-0.2, -0.15) is 0 Å². The van der Waals surface area contributed by atoms with Crippen LogP contribution in [-0.4, -0.2) is 37.2 Å². The number of hydrogen-bond donors (Lipinski definition) is 0. The summed E-state index contributed by atoms with van der Waals surface area (Å²) in [4.78, 5) is 2.59. The predicted molar refractivity (Wildman–Crippen MR) is 53.8 cm³/mol. The second-order valence-corrected chi connectivity index (χ2v) is 4.97. The van der Waals surface area contributed by atoms with Gasteiger partial charge in [0, 0.05) is 24.6 Å². The van der Waals surface area contributed by atoms with Crippen LogP contribution in [0.15, 0.2) is 0 Å². The zero-order chi connectivity index (χ0) is 9.31. The Morgan fingerprint density at radius 2 is 2.15 bits per heavy atom. The Bertz CT molecular complexity index is 173. The highest BCUT2D eigenvalue weighted by atomic mass is 16.5. The molecule has 0 radical (unpaired) electrons. The minimum Gasteiger partial charge on any atom is -0.381 e. The summed E-state index contributed by atoms with van der Waals surface area (Å²) in [6.45, 7) is 9.14. The number of hydrogen-bond acceptors (Lipinski definition) is 2. The first kappa shape index (κ1) is 9.47. The average Bonchev–Trinajstić information content (AvgIpc) is 2.51. The molecule has 2 heterocycles. The molecule has 76 valence electrons. The van der Waals surface area contributed by atoms with Crippen molar-refractivity contribution in [3.63, 3.8) is 0 Å². The minimum atomic E-state index is 0.530. The van der Waals surface area contributed by atoms with Crippen molar-refractivity contribution in [1.29, 1.82) is 0 Å². The van der Waals surface area contributed by atoms with E-state index in [2.05, 4.69) is 18.7 Å². The second kappa shape index (κ2) is 3.58. The van der Waals surface area contributed by atoms with Crippen LogP contribution >= 0.6 is 0 Å². The van der Waals surface area contributed by atoms with Crippen molar-refractivity contribution in [2.75, 3.05) is 26.3 Å². The first-order valence-corrected chi connectivity index (χ1v) is 5.54. The Morgan fingerprint density at radius 3 is 2.69 bits per heavy atom. The highest BCUT2D eigenvalue weighted by molar-refractivity contribution is 4.92. The number of ether oxygens (including phenoxy) is 1. The fraction of sp³-hybridized carbons (Fsp3) is 1.00. The third kappa shape index (κ3) is 1.89. The molecule has 0 amide bonds. The van der Waals surface area contributed by atoms with E-state index in [0.29, 0.717) is 11.5 Å². The van der Waals surface area contributed by atoms with Crippen molar-refractivity contribution >= 4 is 0 Å². The van der Waals surface area contributed by atoms with Crippen molar-refractivity contribution in [3.8, 4) is 0 Å². The Hall–Kier alpha value is -0.0800. The van der Waals surface area contributed by atoms with Crippen LogP contribution in [0.1, 0.15) is 33.1 Å². The van der Waals surface area contributed by atoms with E-state index in [9.17, 15) is 0 Å². The van der Waals surface area contributed by atoms with E-state index >= 15 is 0 Å². The summed E-state index contributed by atoms with van der Waals surface area (Å²) in [5.74, 6) is 0. The van der Waals surface area contributed by atoms with Gasteiger partial charge in [-0.25, -0.2) is 0 Å². The molecule has 0 saturated carbocycles. The van der Waals surface area contributed by atoms with E-state index in [0.717, 1.165) is 13.2 Å². The van der Waals surface area contributed by atoms with Crippen LogP contribution in [0.2, 0.25) is 0 Å². The Kier molecular flexibility index (Phi) is 2.61. The van der Waals surface area contributed by atoms with E-state index < -0.39 is 0 Å². The van der Waals surface area contributed by atoms with Crippen LogP contribution in [0.4, 0.5) is 0 Å². The summed E-state index contributed by atoms with van der Waals surface area (Å²) in [6.07, 6.45) is 4.01. The largest absolute Gasteiger partial charge is 0.381 e. The summed E-state index contributed by atoms with van der Waals surface area (Å²) < 4.78 is 5.61. The number of rotatable bonds is 1. The maximum atomic E-state index is 5.61. The van der Waals surface area contributed by atoms with Crippen molar-refractivity contribution in [2.45, 2.75) is 39.2 Å². The molecule has 2 saturated heterocycles. The lowest BCUT2D eigenvalue weighted by Crippen LogP contribution is -2.37. The monoisotopic (exact) mass is 183 g/mol. The minimum absolute atomic E-state index is 0.530. The Balaban J connectivity index is 1.94. The van der Waals surface area contributed by atoms with E-state index in [1.807, 2.05) is 0 Å². The summed E-state index contributed by atoms with van der Waals surface area (Å²) in [6, 6.07) is 0.710. The standard InChI is InChI=1S/C11H21NO/c1-10(2)12-6-5-11(8-12)4-3-7-13-9-11/h10H,3-9H2,1-2H3. The van der Waals surface area contributed by atoms with Crippen molar-refractivity contribution < 1.29 is 4.74 Å². The van der Waals surface area contributed by atoms with E-state index in [1.54, 1.807) is 0 Å². The zero-order valence-electron chi connectivity index (χ0n) is 8.88. The Morgan fingerprint density at radius 1 is 1.31 bits per heavy atom. The van der Waals surface area contributed by atoms with Crippen molar-refractivity contribution in [1.82, 2.24) is 4.90 Å². The lowest BCUT2D eigenvalue weighted by Gasteiger charge is -2.33. The van der Waals surface area contributed by atoms with Gasteiger partial charge >= 0.3 is 0 Å². The molecule has 2 aliphatic rings. The third-order valence-corrected chi connectivity index (χ3v) is 3.60. The molecular weight excluding hydrogens is 162 g/mol. The molecule has 1 atom stereocenters. The molecule has 1 spiro atoms. The van der Waals surface area contributed by atoms with Crippen LogP contribution in [0.5, 0.6) is 0 Å². The molecule has 0 aliphatic carbocycles. The topological polar surface area (TPSA) is 12.5 Å². The highest BCUT2D eigenvalue weighted by Gasteiger charge is 2.40. The molecule has 0 aromatic rings. The van der Waals surface area contributed by atoms with Crippen LogP contribution in [0.3, 0.4) is 0 Å². The van der Waals surface area contributed by atoms with Gasteiger partial charge < -0.3 is 9.64 Å². The molecule has 1 unspecified atom stereocenters. The van der Waals surface area contributed by atoms with Gasteiger partial charge in [-0.05, 0) is 39.7 Å². The molecule has 2 rings (SSSR count). The maximum absolute atomic E-state index is 5.61. The van der Waals surface area contributed by atoms with E-state index in [4.69, 9.17) is 4.74 Å². The maximum Gasteiger partial charge on any atom is 0.0535 e. The van der Waals surface area contributed by atoms with Gasteiger partial charge in [0.2, 0.25) is 0 Å². The third-order valence-electron chi connectivity index (χ3n) is 3.60. The fourth-order valence-corrected chi connectivity index (χ4v) is 2.64. The van der Waals surface area contributed by atoms with Gasteiger partial charge in [0.1, 0.15) is 0 Å². The molecule has 2 fully saturated rings. The van der Waals surface area contributed by atoms with Crippen molar-refractivity contribution in [3.05, 3.63) is 0 Å². The first-order valence-electron chi connectivity index (χ1n) is 5.54. The summed E-state index contributed by atoms with van der Waals surface area (Å²) in [5, 5.41) is 0. The number of likely N-dealkylation sites (tertiary alicyclic amines) is 1. The molecular formula is C11H21NO. The molecule has 2 aliphatic heterocycles. The van der Waals surface area contributed by atoms with Crippen LogP contribution < -0.4 is 0 Å². The predicted octanol–water partition coefficient (Wildman–Crippen LogP) is 1.90. The fourth-order valence-electron chi connectivity index (χ4n) is 2.64. The van der Waals surface area contributed by atoms with E-state index in [1.165, 1.54) is 32.4 Å². The van der Waals surface area contributed by atoms with Gasteiger partial charge in [0.15, 0.2) is 0 Å². The van der Waals surface area contributed by atoms with E-state index in [-0.39, 0.29) is 0 Å². The van der Waals surface area contributed by atoms with Gasteiger partial charge in [0.05, 0.1) is 6.61 Å². The van der Waals surface area contributed by atoms with Crippen LogP contribution in [0.25, 0.3) is 0 Å². The van der Waals surface area contributed by atoms with Crippen LogP contribution in [0, 0.1) is 5.41 Å². The second-order valence-electron chi connectivity index (χ2n) is 4.97.